The monoisotopic (exact) mass is 225 g/mol. The highest BCUT2D eigenvalue weighted by molar-refractivity contribution is 5.92. The predicted octanol–water partition coefficient (Wildman–Crippen LogP) is -2.05. The first-order chi connectivity index (χ1) is 7.58. The van der Waals surface area contributed by atoms with Gasteiger partial charge >= 0.3 is 0 Å². The van der Waals surface area contributed by atoms with Crippen LogP contribution in [0.3, 0.4) is 0 Å². The third kappa shape index (κ3) is 1.95. The number of hydrogen-bond donors (Lipinski definition) is 3. The quantitative estimate of drug-likeness (QED) is 0.510. The summed E-state index contributed by atoms with van der Waals surface area (Å²) in [5, 5.41) is 24.3. The van der Waals surface area contributed by atoms with Crippen molar-refractivity contribution in [3.8, 4) is 0 Å². The summed E-state index contributed by atoms with van der Waals surface area (Å²) in [5.74, 6) is -0.424. The topological polar surface area (TPSA) is 107 Å². The van der Waals surface area contributed by atoms with Crippen molar-refractivity contribution >= 4 is 5.91 Å². The maximum atomic E-state index is 11.8. The average molecular weight is 225 g/mol. The van der Waals surface area contributed by atoms with Crippen LogP contribution in [0.15, 0.2) is 16.9 Å². The number of aliphatic hydroxyl groups excluding tert-OH is 2. The highest BCUT2D eigenvalue weighted by Gasteiger charge is 2.33. The average Bonchev–Trinajstić information content (AvgIpc) is 2.59. The number of rotatable bonds is 1. The smallest absolute Gasteiger partial charge is 0.274 e. The molecule has 86 valence electrons. The largest absolute Gasteiger partial charge is 0.388 e. The molecule has 1 saturated heterocycles. The van der Waals surface area contributed by atoms with Gasteiger partial charge in [-0.25, -0.2) is 5.10 Å². The maximum absolute atomic E-state index is 11.8. The molecule has 0 spiro atoms. The summed E-state index contributed by atoms with van der Waals surface area (Å²) in [7, 11) is 0. The standard InChI is InChI=1S/C9H11N3O4/c13-6-3-12(4-7(6)14)9(16)5-1-2-8(15)11-10-5/h1-2,6-7,13-14H,3-4H2,(H,11,15)/t6-,7+. The molecule has 7 nitrogen and oxygen atoms in total. The normalized spacial score (nSPS) is 24.8. The van der Waals surface area contributed by atoms with Crippen molar-refractivity contribution in [2.75, 3.05) is 13.1 Å². The zero-order valence-electron chi connectivity index (χ0n) is 8.33. The second-order valence-corrected chi connectivity index (χ2v) is 3.65. The van der Waals surface area contributed by atoms with E-state index in [0.717, 1.165) is 0 Å². The van der Waals surface area contributed by atoms with Gasteiger partial charge in [0.2, 0.25) is 0 Å². The fourth-order valence-electron chi connectivity index (χ4n) is 1.56. The van der Waals surface area contributed by atoms with Crippen molar-refractivity contribution in [3.63, 3.8) is 0 Å². The van der Waals surface area contributed by atoms with Gasteiger partial charge in [0.15, 0.2) is 0 Å². The van der Waals surface area contributed by atoms with Gasteiger partial charge in [-0.3, -0.25) is 9.59 Å². The second-order valence-electron chi connectivity index (χ2n) is 3.65. The Morgan fingerprint density at radius 2 is 2.00 bits per heavy atom. The Morgan fingerprint density at radius 3 is 2.50 bits per heavy atom. The van der Waals surface area contributed by atoms with Crippen LogP contribution in [-0.2, 0) is 0 Å². The highest BCUT2D eigenvalue weighted by Crippen LogP contribution is 2.12. The van der Waals surface area contributed by atoms with Crippen LogP contribution in [0.5, 0.6) is 0 Å². The third-order valence-corrected chi connectivity index (χ3v) is 2.44. The molecule has 1 aliphatic rings. The van der Waals surface area contributed by atoms with Gasteiger partial charge in [0.25, 0.3) is 11.5 Å². The first-order valence-corrected chi connectivity index (χ1v) is 4.79. The molecule has 0 aromatic carbocycles. The lowest BCUT2D eigenvalue weighted by Crippen LogP contribution is -2.31. The van der Waals surface area contributed by atoms with Crippen LogP contribution in [-0.4, -0.2) is 56.5 Å². The number of nitrogens with one attached hydrogen (secondary N) is 1. The van der Waals surface area contributed by atoms with Crippen molar-refractivity contribution < 1.29 is 15.0 Å². The number of amides is 1. The summed E-state index contributed by atoms with van der Waals surface area (Å²) < 4.78 is 0. The Morgan fingerprint density at radius 1 is 1.38 bits per heavy atom. The van der Waals surface area contributed by atoms with Gasteiger partial charge in [-0.15, -0.1) is 0 Å². The maximum Gasteiger partial charge on any atom is 0.274 e. The van der Waals surface area contributed by atoms with Crippen LogP contribution in [0.2, 0.25) is 0 Å². The number of aromatic amines is 1. The molecule has 2 rings (SSSR count). The Labute approximate surface area is 90.3 Å². The van der Waals surface area contributed by atoms with Crippen molar-refractivity contribution in [1.29, 1.82) is 0 Å². The Balaban J connectivity index is 2.14. The van der Waals surface area contributed by atoms with Gasteiger partial charge in [-0.2, -0.15) is 5.10 Å². The van der Waals surface area contributed by atoms with Gasteiger partial charge in [-0.05, 0) is 6.07 Å². The summed E-state index contributed by atoms with van der Waals surface area (Å²) in [5.41, 5.74) is -0.307. The first-order valence-electron chi connectivity index (χ1n) is 4.79. The van der Waals surface area contributed by atoms with Gasteiger partial charge < -0.3 is 15.1 Å². The molecule has 0 aliphatic carbocycles. The van der Waals surface area contributed by atoms with Crippen molar-refractivity contribution in [2.45, 2.75) is 12.2 Å². The number of carbonyl (C=O) groups is 1. The minimum absolute atomic E-state index is 0.0702. The minimum Gasteiger partial charge on any atom is -0.388 e. The summed E-state index contributed by atoms with van der Waals surface area (Å²) in [6, 6.07) is 2.50. The molecule has 1 aromatic rings. The number of aromatic nitrogens is 2. The van der Waals surface area contributed by atoms with E-state index in [2.05, 4.69) is 10.2 Å². The summed E-state index contributed by atoms with van der Waals surface area (Å²) in [6.07, 6.45) is -1.85. The van der Waals surface area contributed by atoms with E-state index in [4.69, 9.17) is 0 Å². The van der Waals surface area contributed by atoms with E-state index in [-0.39, 0.29) is 18.8 Å². The van der Waals surface area contributed by atoms with E-state index in [1.807, 2.05) is 0 Å². The van der Waals surface area contributed by atoms with Crippen molar-refractivity contribution in [1.82, 2.24) is 15.1 Å². The zero-order chi connectivity index (χ0) is 11.7. The lowest BCUT2D eigenvalue weighted by atomic mass is 10.3. The molecule has 0 radical (unpaired) electrons. The van der Waals surface area contributed by atoms with Crippen molar-refractivity contribution in [3.05, 3.63) is 28.2 Å². The van der Waals surface area contributed by atoms with Gasteiger partial charge in [0.1, 0.15) is 5.69 Å². The van der Waals surface area contributed by atoms with E-state index in [0.29, 0.717) is 0 Å². The predicted molar refractivity (Wildman–Crippen MR) is 52.8 cm³/mol. The van der Waals surface area contributed by atoms with E-state index in [1.54, 1.807) is 0 Å². The second kappa shape index (κ2) is 4.03. The number of nitrogens with zero attached hydrogens (tertiary/aromatic N) is 2. The number of hydrogen-bond acceptors (Lipinski definition) is 5. The van der Waals surface area contributed by atoms with Gasteiger partial charge in [0, 0.05) is 19.2 Å². The zero-order valence-corrected chi connectivity index (χ0v) is 8.33. The molecule has 1 fully saturated rings. The summed E-state index contributed by atoms with van der Waals surface area (Å²) in [6.45, 7) is 0.140. The lowest BCUT2D eigenvalue weighted by Gasteiger charge is -2.13. The number of H-pyrrole nitrogens is 1. The Hall–Kier alpha value is -1.73. The molecule has 0 unspecified atom stereocenters. The number of likely N-dealkylation sites (tertiary alicyclic amines) is 1. The fourth-order valence-corrected chi connectivity index (χ4v) is 1.56. The van der Waals surface area contributed by atoms with Crippen LogP contribution in [0.25, 0.3) is 0 Å². The van der Waals surface area contributed by atoms with E-state index < -0.39 is 23.7 Å². The minimum atomic E-state index is -0.924. The summed E-state index contributed by atoms with van der Waals surface area (Å²) >= 11 is 0. The number of β-amino-alcohol motifs (C(OH)–C–C–N with tert-alkyl or cyclic N) is 2. The van der Waals surface area contributed by atoms with E-state index >= 15 is 0 Å². The Bertz CT molecular complexity index is 428. The molecule has 0 bridgehead atoms. The molecule has 7 heteroatoms. The molecule has 1 amide bonds. The Kier molecular flexibility index (Phi) is 2.71. The molecule has 1 aliphatic heterocycles. The van der Waals surface area contributed by atoms with Crippen LogP contribution in [0.1, 0.15) is 10.5 Å². The highest BCUT2D eigenvalue weighted by atomic mass is 16.3. The van der Waals surface area contributed by atoms with Crippen LogP contribution < -0.4 is 5.56 Å². The first kappa shape index (κ1) is 10.8. The molecule has 2 atom stereocenters. The van der Waals surface area contributed by atoms with E-state index in [9.17, 15) is 19.8 Å². The molecular formula is C9H11N3O4. The molecule has 0 saturated carbocycles. The van der Waals surface area contributed by atoms with Gasteiger partial charge in [-0.1, -0.05) is 0 Å². The molecule has 16 heavy (non-hydrogen) atoms. The molecule has 2 heterocycles. The van der Waals surface area contributed by atoms with Crippen LogP contribution in [0.4, 0.5) is 0 Å². The number of carbonyl (C=O) groups excluding carboxylic acids is 1. The third-order valence-electron chi connectivity index (χ3n) is 2.44. The molecule has 1 aromatic heterocycles. The molecular weight excluding hydrogens is 214 g/mol. The van der Waals surface area contributed by atoms with Crippen molar-refractivity contribution in [2.24, 2.45) is 0 Å². The SMILES string of the molecule is O=C(c1ccc(=O)[nH]n1)N1C[C@@H](O)[C@@H](O)C1. The lowest BCUT2D eigenvalue weighted by molar-refractivity contribution is 0.0572. The van der Waals surface area contributed by atoms with Gasteiger partial charge in [0.05, 0.1) is 12.2 Å². The van der Waals surface area contributed by atoms with Crippen LogP contribution in [0, 0.1) is 0 Å². The van der Waals surface area contributed by atoms with Crippen LogP contribution >= 0.6 is 0 Å². The van der Waals surface area contributed by atoms with E-state index in [1.165, 1.54) is 17.0 Å². The fraction of sp³-hybridized carbons (Fsp3) is 0.444. The molecule has 3 N–H and O–H groups in total. The summed E-state index contributed by atoms with van der Waals surface area (Å²) in [4.78, 5) is 23.8. The number of aliphatic hydroxyl groups is 2.